The molecule has 0 bridgehead atoms. The van der Waals surface area contributed by atoms with Gasteiger partial charge in [0, 0.05) is 5.56 Å². The van der Waals surface area contributed by atoms with Crippen LogP contribution in [0, 0.1) is 18.3 Å². The molecule has 0 aromatic heterocycles. The molecule has 21 heavy (non-hydrogen) atoms. The van der Waals surface area contributed by atoms with Gasteiger partial charge in [-0.3, -0.25) is 0 Å². The van der Waals surface area contributed by atoms with Crippen LogP contribution in [0.15, 0.2) is 54.6 Å². The minimum Gasteiger partial charge on any atom is -0.457 e. The summed E-state index contributed by atoms with van der Waals surface area (Å²) in [6.07, 6.45) is 0. The zero-order chi connectivity index (χ0) is 16.2. The average molecular weight is 284 g/mol. The SMILES string of the molecule is [2H][C@H](OC(=O)C(F)(C#N)c1ccc(C)cc1)c1ccccc1. The first kappa shape index (κ1) is 13.3. The molecule has 0 N–H and O–H groups in total. The molecular formula is C17H14FNO2. The molecule has 0 fully saturated rings. The molecule has 0 heterocycles. The standard InChI is InChI=1S/C17H14FNO2/c1-13-7-9-15(10-8-13)17(18,12-19)16(20)21-11-14-5-3-2-4-6-14/h2-10H,11H2,1H3/i11D/t11-,17?/m0/s1. The lowest BCUT2D eigenvalue weighted by atomic mass is 9.96. The lowest BCUT2D eigenvalue weighted by Gasteiger charge is -2.16. The molecule has 2 aromatic rings. The number of benzene rings is 2. The van der Waals surface area contributed by atoms with Crippen molar-refractivity contribution in [1.82, 2.24) is 0 Å². The van der Waals surface area contributed by atoms with Gasteiger partial charge in [0.2, 0.25) is 0 Å². The van der Waals surface area contributed by atoms with Crippen LogP contribution in [0.1, 0.15) is 18.1 Å². The van der Waals surface area contributed by atoms with Crippen LogP contribution in [-0.4, -0.2) is 5.97 Å². The highest BCUT2D eigenvalue weighted by Crippen LogP contribution is 2.27. The van der Waals surface area contributed by atoms with Gasteiger partial charge in [-0.1, -0.05) is 60.2 Å². The van der Waals surface area contributed by atoms with Gasteiger partial charge in [-0.15, -0.1) is 0 Å². The third-order valence-electron chi connectivity index (χ3n) is 2.99. The second kappa shape index (κ2) is 6.19. The summed E-state index contributed by atoms with van der Waals surface area (Å²) in [4.78, 5) is 12.0. The Balaban J connectivity index is 2.22. The number of hydrogen-bond acceptors (Lipinski definition) is 3. The summed E-state index contributed by atoms with van der Waals surface area (Å²) in [7, 11) is 0. The van der Waals surface area contributed by atoms with E-state index in [4.69, 9.17) is 11.4 Å². The molecule has 2 aromatic carbocycles. The molecule has 0 spiro atoms. The van der Waals surface area contributed by atoms with E-state index in [9.17, 15) is 9.18 Å². The van der Waals surface area contributed by atoms with Gasteiger partial charge in [-0.2, -0.15) is 5.26 Å². The van der Waals surface area contributed by atoms with Gasteiger partial charge in [0.25, 0.3) is 0 Å². The third kappa shape index (κ3) is 3.26. The number of nitriles is 1. The van der Waals surface area contributed by atoms with E-state index in [1.165, 1.54) is 18.2 Å². The molecule has 106 valence electrons. The van der Waals surface area contributed by atoms with E-state index in [-0.39, 0.29) is 5.56 Å². The second-order valence-electron chi connectivity index (χ2n) is 4.57. The van der Waals surface area contributed by atoms with E-state index < -0.39 is 18.2 Å². The predicted molar refractivity (Wildman–Crippen MR) is 75.8 cm³/mol. The van der Waals surface area contributed by atoms with Gasteiger partial charge in [-0.05, 0) is 12.5 Å². The Kier molecular flexibility index (Phi) is 3.92. The van der Waals surface area contributed by atoms with Crippen LogP contribution in [-0.2, 0) is 21.8 Å². The third-order valence-corrected chi connectivity index (χ3v) is 2.99. The molecule has 0 aliphatic carbocycles. The Labute approximate surface area is 124 Å². The van der Waals surface area contributed by atoms with E-state index in [0.29, 0.717) is 5.56 Å². The molecule has 0 saturated carbocycles. The topological polar surface area (TPSA) is 50.1 Å². The lowest BCUT2D eigenvalue weighted by Crippen LogP contribution is -2.31. The van der Waals surface area contributed by atoms with E-state index in [1.807, 2.05) is 6.92 Å². The molecule has 1 unspecified atom stereocenters. The first-order valence-electron chi connectivity index (χ1n) is 6.90. The summed E-state index contributed by atoms with van der Waals surface area (Å²) in [6.45, 7) is 0.423. The van der Waals surface area contributed by atoms with Crippen LogP contribution in [0.25, 0.3) is 0 Å². The Morgan fingerprint density at radius 2 is 1.90 bits per heavy atom. The van der Waals surface area contributed by atoms with Crippen LogP contribution < -0.4 is 0 Å². The van der Waals surface area contributed by atoms with Crippen LogP contribution in [0.4, 0.5) is 4.39 Å². The smallest absolute Gasteiger partial charge is 0.364 e. The minimum absolute atomic E-state index is 0.106. The molecule has 2 atom stereocenters. The van der Waals surface area contributed by atoms with Gasteiger partial charge in [0.05, 0.1) is 1.37 Å². The summed E-state index contributed by atoms with van der Waals surface area (Å²) in [5, 5.41) is 9.07. The Bertz CT molecular complexity index is 697. The van der Waals surface area contributed by atoms with Crippen molar-refractivity contribution in [3.63, 3.8) is 0 Å². The number of hydrogen-bond donors (Lipinski definition) is 0. The van der Waals surface area contributed by atoms with E-state index >= 15 is 0 Å². The average Bonchev–Trinajstić information content (AvgIpc) is 2.55. The van der Waals surface area contributed by atoms with Crippen LogP contribution in [0.3, 0.4) is 0 Å². The fraction of sp³-hybridized carbons (Fsp3) is 0.176. The van der Waals surface area contributed by atoms with Crippen molar-refractivity contribution in [2.75, 3.05) is 0 Å². The maximum Gasteiger partial charge on any atom is 0.364 e. The van der Waals surface area contributed by atoms with E-state index in [0.717, 1.165) is 5.56 Å². The number of aryl methyl sites for hydroxylation is 1. The highest BCUT2D eigenvalue weighted by Gasteiger charge is 2.43. The van der Waals surface area contributed by atoms with Crippen LogP contribution >= 0.6 is 0 Å². The number of carbonyl (C=O) groups is 1. The number of ether oxygens (including phenoxy) is 1. The number of nitrogens with zero attached hydrogens (tertiary/aromatic N) is 1. The molecule has 0 aliphatic heterocycles. The molecule has 4 heteroatoms. The molecule has 0 aliphatic rings. The van der Waals surface area contributed by atoms with Crippen LogP contribution in [0.5, 0.6) is 0 Å². The van der Waals surface area contributed by atoms with Crippen molar-refractivity contribution in [2.45, 2.75) is 19.2 Å². The number of esters is 1. The summed E-state index contributed by atoms with van der Waals surface area (Å²) in [5.74, 6) is -1.39. The van der Waals surface area contributed by atoms with Gasteiger partial charge in [-0.25, -0.2) is 9.18 Å². The Morgan fingerprint density at radius 1 is 1.29 bits per heavy atom. The van der Waals surface area contributed by atoms with Crippen molar-refractivity contribution < 1.29 is 15.3 Å². The molecule has 0 radical (unpaired) electrons. The normalized spacial score (nSPS) is 15.2. The van der Waals surface area contributed by atoms with E-state index in [2.05, 4.69) is 0 Å². The Morgan fingerprint density at radius 3 is 2.48 bits per heavy atom. The van der Waals surface area contributed by atoms with Crippen molar-refractivity contribution in [1.29, 1.82) is 5.26 Å². The summed E-state index contributed by atoms with van der Waals surface area (Å²) >= 11 is 0. The fourth-order valence-electron chi connectivity index (χ4n) is 1.75. The summed E-state index contributed by atoms with van der Waals surface area (Å²) < 4.78 is 27.3. The second-order valence-corrected chi connectivity index (χ2v) is 4.57. The van der Waals surface area contributed by atoms with Crippen molar-refractivity contribution >= 4 is 5.97 Å². The van der Waals surface area contributed by atoms with Gasteiger partial charge >= 0.3 is 11.6 Å². The maximum absolute atomic E-state index is 14.7. The van der Waals surface area contributed by atoms with Gasteiger partial charge in [0.1, 0.15) is 12.7 Å². The number of rotatable bonds is 4. The zero-order valence-corrected chi connectivity index (χ0v) is 11.4. The first-order valence-corrected chi connectivity index (χ1v) is 6.33. The quantitative estimate of drug-likeness (QED) is 0.808. The fourth-order valence-corrected chi connectivity index (χ4v) is 1.75. The minimum atomic E-state index is -2.93. The largest absolute Gasteiger partial charge is 0.457 e. The zero-order valence-electron chi connectivity index (χ0n) is 12.4. The highest BCUT2D eigenvalue weighted by molar-refractivity contribution is 5.84. The number of carbonyl (C=O) groups excluding carboxylic acids is 1. The van der Waals surface area contributed by atoms with Crippen molar-refractivity contribution in [3.8, 4) is 6.07 Å². The predicted octanol–water partition coefficient (Wildman–Crippen LogP) is 3.43. The number of alkyl halides is 1. The van der Waals surface area contributed by atoms with Crippen molar-refractivity contribution in [2.24, 2.45) is 0 Å². The summed E-state index contributed by atoms with van der Waals surface area (Å²) in [5.41, 5.74) is -1.76. The highest BCUT2D eigenvalue weighted by atomic mass is 19.1. The number of halogens is 1. The van der Waals surface area contributed by atoms with Gasteiger partial charge < -0.3 is 4.74 Å². The van der Waals surface area contributed by atoms with Crippen LogP contribution in [0.2, 0.25) is 0 Å². The summed E-state index contributed by atoms with van der Waals surface area (Å²) in [6, 6.07) is 15.6. The lowest BCUT2D eigenvalue weighted by molar-refractivity contribution is -0.156. The molecular weight excluding hydrogens is 269 g/mol. The Hall–Kier alpha value is -2.67. The first-order chi connectivity index (χ1) is 10.5. The molecule has 0 amide bonds. The van der Waals surface area contributed by atoms with E-state index in [1.54, 1.807) is 42.5 Å². The maximum atomic E-state index is 14.7. The van der Waals surface area contributed by atoms with Gasteiger partial charge in [0.15, 0.2) is 0 Å². The van der Waals surface area contributed by atoms with Crippen molar-refractivity contribution in [3.05, 3.63) is 71.3 Å². The molecule has 0 saturated heterocycles. The molecule has 2 rings (SSSR count). The monoisotopic (exact) mass is 284 g/mol. The molecule has 3 nitrogen and oxygen atoms in total.